The number of aromatic nitrogens is 3. The van der Waals surface area contributed by atoms with Crippen molar-refractivity contribution in [3.8, 4) is 17.0 Å². The average Bonchev–Trinajstić information content (AvgIpc) is 3.66. The predicted octanol–water partition coefficient (Wildman–Crippen LogP) is 3.27. The molecule has 2 aliphatic carbocycles. The molecule has 4 N–H and O–H groups in total. The third-order valence-electron chi connectivity index (χ3n) is 7.30. The van der Waals surface area contributed by atoms with E-state index < -0.39 is 42.5 Å². The fourth-order valence-electron chi connectivity index (χ4n) is 5.01. The topological polar surface area (TPSA) is 129 Å². The molecule has 2 aromatic heterocycles. The summed E-state index contributed by atoms with van der Waals surface area (Å²) in [4.78, 5) is 36.5. The molecule has 2 fully saturated rings. The Labute approximate surface area is 218 Å². The fourth-order valence-corrected chi connectivity index (χ4v) is 5.01. The number of carbonyl (C=O) groups excluding carboxylic acids is 2. The Hall–Kier alpha value is -3.60. The maximum atomic E-state index is 15.5. The van der Waals surface area contributed by atoms with E-state index in [1.807, 2.05) is 0 Å². The van der Waals surface area contributed by atoms with Gasteiger partial charge in [-0.3, -0.25) is 9.59 Å². The Kier molecular flexibility index (Phi) is 7.29. The summed E-state index contributed by atoms with van der Waals surface area (Å²) in [5.74, 6) is -0.661. The van der Waals surface area contributed by atoms with Crippen LogP contribution in [0.5, 0.6) is 5.75 Å². The van der Waals surface area contributed by atoms with Crippen molar-refractivity contribution in [2.45, 2.75) is 64.2 Å². The molecule has 3 aromatic rings. The van der Waals surface area contributed by atoms with Crippen molar-refractivity contribution in [1.82, 2.24) is 25.6 Å². The number of halogens is 2. The van der Waals surface area contributed by atoms with Crippen molar-refractivity contribution in [3.05, 3.63) is 41.1 Å². The molecule has 0 saturated heterocycles. The van der Waals surface area contributed by atoms with Gasteiger partial charge < -0.3 is 25.5 Å². The van der Waals surface area contributed by atoms with Crippen molar-refractivity contribution in [2.24, 2.45) is 5.92 Å². The van der Waals surface area contributed by atoms with Gasteiger partial charge in [0.15, 0.2) is 0 Å². The van der Waals surface area contributed by atoms with E-state index in [4.69, 9.17) is 9.84 Å². The summed E-state index contributed by atoms with van der Waals surface area (Å²) >= 11 is 0. The van der Waals surface area contributed by atoms with Gasteiger partial charge in [0.25, 0.3) is 5.91 Å². The lowest BCUT2D eigenvalue weighted by atomic mass is 9.89. The molecule has 38 heavy (non-hydrogen) atoms. The highest BCUT2D eigenvalue weighted by Crippen LogP contribution is 2.39. The Balaban J connectivity index is 1.42. The zero-order valence-electron chi connectivity index (χ0n) is 21.3. The van der Waals surface area contributed by atoms with Gasteiger partial charge in [-0.2, -0.15) is 0 Å². The first-order chi connectivity index (χ1) is 18.3. The number of benzene rings is 1. The molecule has 5 rings (SSSR count). The molecule has 9 nitrogen and oxygen atoms in total. The summed E-state index contributed by atoms with van der Waals surface area (Å²) in [5, 5.41) is 14.3. The molecule has 0 radical (unpaired) electrons. The number of amides is 2. The van der Waals surface area contributed by atoms with Gasteiger partial charge in [-0.25, -0.2) is 18.7 Å². The molecule has 2 amide bonds. The smallest absolute Gasteiger partial charge is 0.255 e. The van der Waals surface area contributed by atoms with E-state index in [1.54, 1.807) is 26.0 Å². The van der Waals surface area contributed by atoms with Crippen LogP contribution in [0.15, 0.2) is 18.5 Å². The van der Waals surface area contributed by atoms with E-state index in [0.29, 0.717) is 53.4 Å². The Morgan fingerprint density at radius 2 is 1.95 bits per heavy atom. The summed E-state index contributed by atoms with van der Waals surface area (Å²) in [7, 11) is 0. The molecular formula is C27H31F2N5O4. The van der Waals surface area contributed by atoms with Gasteiger partial charge >= 0.3 is 0 Å². The predicted molar refractivity (Wildman–Crippen MR) is 136 cm³/mol. The number of aliphatic hydroxyl groups excluding tert-OH is 1. The Morgan fingerprint density at radius 1 is 1.16 bits per heavy atom. The van der Waals surface area contributed by atoms with E-state index in [-0.39, 0.29) is 23.2 Å². The lowest BCUT2D eigenvalue weighted by Crippen LogP contribution is -2.50. The Bertz CT molecular complexity index is 1370. The van der Waals surface area contributed by atoms with Crippen LogP contribution in [0.25, 0.3) is 22.3 Å². The second-order valence-electron chi connectivity index (χ2n) is 10.2. The number of alkyl halides is 1. The van der Waals surface area contributed by atoms with Crippen LogP contribution in [0.1, 0.15) is 53.7 Å². The number of carbonyl (C=O) groups is 2. The molecule has 2 saturated carbocycles. The van der Waals surface area contributed by atoms with Gasteiger partial charge in [0.2, 0.25) is 5.91 Å². The summed E-state index contributed by atoms with van der Waals surface area (Å²) in [6.07, 6.45) is 2.91. The van der Waals surface area contributed by atoms with Gasteiger partial charge in [0.05, 0.1) is 29.3 Å². The van der Waals surface area contributed by atoms with Crippen LogP contribution in [0.2, 0.25) is 0 Å². The van der Waals surface area contributed by atoms with Crippen LogP contribution in [-0.2, 0) is 4.79 Å². The highest BCUT2D eigenvalue weighted by Gasteiger charge is 2.34. The molecule has 2 aliphatic rings. The van der Waals surface area contributed by atoms with Gasteiger partial charge in [-0.15, -0.1) is 0 Å². The zero-order chi connectivity index (χ0) is 27.0. The number of rotatable bonds is 8. The maximum Gasteiger partial charge on any atom is 0.255 e. The summed E-state index contributed by atoms with van der Waals surface area (Å²) in [6, 6.07) is 2.25. The second-order valence-corrected chi connectivity index (χ2v) is 10.2. The summed E-state index contributed by atoms with van der Waals surface area (Å²) in [6.45, 7) is 3.21. The minimum atomic E-state index is -1.38. The zero-order valence-corrected chi connectivity index (χ0v) is 21.3. The quantitative estimate of drug-likeness (QED) is 0.356. The number of hydrogen-bond donors (Lipinski definition) is 4. The molecule has 3 atom stereocenters. The van der Waals surface area contributed by atoms with Crippen LogP contribution in [0.3, 0.4) is 0 Å². The normalized spacial score (nSPS) is 21.3. The van der Waals surface area contributed by atoms with E-state index >= 15 is 4.39 Å². The molecule has 202 valence electrons. The third-order valence-corrected chi connectivity index (χ3v) is 7.30. The number of aromatic amines is 1. The number of nitrogens with zero attached hydrogens (tertiary/aromatic N) is 2. The first-order valence-electron chi connectivity index (χ1n) is 12.9. The standard InChI is InChI=1S/C27H31F2N5O4/c1-13-3-8-19(38-11-15-4-5-15)22(23(13)29)25-26-24(30-12-31-25)21(14(2)32-26)27(37)34-18-7-6-16(9-17(18)28)33-20(36)10-35/h3,8,12,15-18,32,35H,4-7,9-11H2,1-2H3,(H,33,36)(H,34,37)/t16-,17-,18-/m1/s1. The van der Waals surface area contributed by atoms with Crippen LogP contribution in [0, 0.1) is 25.6 Å². The second kappa shape index (κ2) is 10.6. The number of ether oxygens (including phenoxy) is 1. The Morgan fingerprint density at radius 3 is 2.66 bits per heavy atom. The number of nitrogens with one attached hydrogen (secondary N) is 3. The number of hydrogen-bond acceptors (Lipinski definition) is 6. The number of aryl methyl sites for hydroxylation is 2. The van der Waals surface area contributed by atoms with Gasteiger partial charge in [-0.05, 0) is 57.1 Å². The number of fused-ring (bicyclic) bond motifs is 1. The van der Waals surface area contributed by atoms with Crippen molar-refractivity contribution in [3.63, 3.8) is 0 Å². The number of H-pyrrole nitrogens is 1. The minimum absolute atomic E-state index is 0.0339. The van der Waals surface area contributed by atoms with Crippen molar-refractivity contribution in [1.29, 1.82) is 0 Å². The highest BCUT2D eigenvalue weighted by molar-refractivity contribution is 6.09. The molecule has 0 bridgehead atoms. The molecule has 1 aromatic carbocycles. The van der Waals surface area contributed by atoms with Crippen LogP contribution in [0.4, 0.5) is 8.78 Å². The molecule has 0 aliphatic heterocycles. The van der Waals surface area contributed by atoms with E-state index in [0.717, 1.165) is 12.8 Å². The van der Waals surface area contributed by atoms with Crippen molar-refractivity contribution < 1.29 is 28.2 Å². The average molecular weight is 528 g/mol. The molecule has 2 heterocycles. The fraction of sp³-hybridized carbons (Fsp3) is 0.481. The lowest BCUT2D eigenvalue weighted by Gasteiger charge is -2.32. The van der Waals surface area contributed by atoms with E-state index in [1.165, 1.54) is 6.33 Å². The molecule has 0 unspecified atom stereocenters. The maximum absolute atomic E-state index is 15.5. The first kappa shape index (κ1) is 26.0. The highest BCUT2D eigenvalue weighted by atomic mass is 19.1. The SMILES string of the molecule is Cc1ccc(OCC2CC2)c(-c2ncnc3c(C(=O)N[C@@H]4CC[C@@H](NC(=O)CO)C[C@H]4F)c(C)[nH]c23)c1F. The van der Waals surface area contributed by atoms with Crippen molar-refractivity contribution >= 4 is 22.8 Å². The van der Waals surface area contributed by atoms with E-state index in [2.05, 4.69) is 25.6 Å². The van der Waals surface area contributed by atoms with Gasteiger partial charge in [-0.1, -0.05) is 6.07 Å². The number of aliphatic hydroxyl groups is 1. The largest absolute Gasteiger partial charge is 0.492 e. The molecule has 11 heteroatoms. The van der Waals surface area contributed by atoms with Crippen molar-refractivity contribution in [2.75, 3.05) is 13.2 Å². The van der Waals surface area contributed by atoms with Crippen LogP contribution in [-0.4, -0.2) is 63.3 Å². The minimum Gasteiger partial charge on any atom is -0.492 e. The van der Waals surface area contributed by atoms with Gasteiger partial charge in [0, 0.05) is 18.2 Å². The summed E-state index contributed by atoms with van der Waals surface area (Å²) in [5.41, 5.74) is 2.35. The first-order valence-corrected chi connectivity index (χ1v) is 12.9. The van der Waals surface area contributed by atoms with Gasteiger partial charge in [0.1, 0.15) is 41.9 Å². The summed E-state index contributed by atoms with van der Waals surface area (Å²) < 4.78 is 36.3. The molecule has 0 spiro atoms. The van der Waals surface area contributed by atoms with Crippen LogP contribution < -0.4 is 15.4 Å². The van der Waals surface area contributed by atoms with Crippen LogP contribution >= 0.6 is 0 Å². The van der Waals surface area contributed by atoms with E-state index in [9.17, 15) is 14.0 Å². The third kappa shape index (κ3) is 5.20. The monoisotopic (exact) mass is 527 g/mol. The lowest BCUT2D eigenvalue weighted by molar-refractivity contribution is -0.124. The molecular weight excluding hydrogens is 496 g/mol.